The van der Waals surface area contributed by atoms with Gasteiger partial charge in [-0.3, -0.25) is 0 Å². The van der Waals surface area contributed by atoms with Gasteiger partial charge in [0.05, 0.1) is 4.90 Å². The summed E-state index contributed by atoms with van der Waals surface area (Å²) in [7, 11) is -3.61. The van der Waals surface area contributed by atoms with Gasteiger partial charge in [-0.15, -0.1) is 0 Å². The molecule has 0 radical (unpaired) electrons. The van der Waals surface area contributed by atoms with Gasteiger partial charge in [-0.05, 0) is 43.0 Å². The average Bonchev–Trinajstić information content (AvgIpc) is 3.32. The standard InChI is InChI=1S/C23H26N4O3S/c1-18-25-22(27-14-5-6-15-27)17-23(26-18)30-16-13-24-31(28,29)21-11-9-20(10-12-21)19-7-3-2-4-8-19/h2-4,7-12,17,24H,5-6,13-16H2,1H3. The summed E-state index contributed by atoms with van der Waals surface area (Å²) in [5.41, 5.74) is 2.01. The molecule has 0 aliphatic carbocycles. The Morgan fingerprint density at radius 2 is 1.65 bits per heavy atom. The molecular formula is C23H26N4O3S. The maximum absolute atomic E-state index is 12.6. The molecule has 1 aliphatic rings. The summed E-state index contributed by atoms with van der Waals surface area (Å²) in [4.78, 5) is 11.2. The zero-order valence-corrected chi connectivity index (χ0v) is 18.3. The molecule has 0 amide bonds. The van der Waals surface area contributed by atoms with Crippen LogP contribution < -0.4 is 14.4 Å². The van der Waals surface area contributed by atoms with Crippen LogP contribution in [0, 0.1) is 6.92 Å². The summed E-state index contributed by atoms with van der Waals surface area (Å²) in [6, 6.07) is 18.5. The lowest BCUT2D eigenvalue weighted by molar-refractivity contribution is 0.309. The molecule has 7 nitrogen and oxygen atoms in total. The van der Waals surface area contributed by atoms with Gasteiger partial charge < -0.3 is 9.64 Å². The first-order chi connectivity index (χ1) is 15.0. The van der Waals surface area contributed by atoms with Crippen molar-refractivity contribution < 1.29 is 13.2 Å². The minimum atomic E-state index is -3.61. The number of aromatic nitrogens is 2. The van der Waals surface area contributed by atoms with Crippen molar-refractivity contribution in [1.82, 2.24) is 14.7 Å². The molecule has 1 aromatic heterocycles. The number of nitrogens with zero attached hydrogens (tertiary/aromatic N) is 3. The number of ether oxygens (including phenoxy) is 1. The van der Waals surface area contributed by atoms with E-state index in [4.69, 9.17) is 4.74 Å². The SMILES string of the molecule is Cc1nc(OCCNS(=O)(=O)c2ccc(-c3ccccc3)cc2)cc(N2CCCC2)n1. The molecule has 0 atom stereocenters. The molecule has 1 N–H and O–H groups in total. The van der Waals surface area contributed by atoms with E-state index in [1.54, 1.807) is 12.1 Å². The lowest BCUT2D eigenvalue weighted by atomic mass is 10.1. The van der Waals surface area contributed by atoms with E-state index in [1.807, 2.05) is 55.5 Å². The van der Waals surface area contributed by atoms with Crippen LogP contribution in [0.15, 0.2) is 65.6 Å². The summed E-state index contributed by atoms with van der Waals surface area (Å²) in [5.74, 6) is 1.96. The van der Waals surface area contributed by atoms with Crippen molar-refractivity contribution in [1.29, 1.82) is 0 Å². The normalized spacial score (nSPS) is 14.0. The third-order valence-corrected chi connectivity index (χ3v) is 6.62. The average molecular weight is 439 g/mol. The van der Waals surface area contributed by atoms with E-state index in [0.29, 0.717) is 11.7 Å². The predicted molar refractivity (Wildman–Crippen MR) is 121 cm³/mol. The van der Waals surface area contributed by atoms with E-state index >= 15 is 0 Å². The maximum atomic E-state index is 12.6. The van der Waals surface area contributed by atoms with E-state index in [0.717, 1.165) is 42.9 Å². The molecule has 2 heterocycles. The number of anilines is 1. The molecule has 0 spiro atoms. The molecule has 31 heavy (non-hydrogen) atoms. The zero-order valence-electron chi connectivity index (χ0n) is 17.5. The van der Waals surface area contributed by atoms with Crippen LogP contribution in [0.25, 0.3) is 11.1 Å². The van der Waals surface area contributed by atoms with Gasteiger partial charge in [-0.1, -0.05) is 42.5 Å². The molecular weight excluding hydrogens is 412 g/mol. The van der Waals surface area contributed by atoms with Crippen molar-refractivity contribution in [3.8, 4) is 17.0 Å². The van der Waals surface area contributed by atoms with Gasteiger partial charge in [-0.2, -0.15) is 4.98 Å². The second-order valence-electron chi connectivity index (χ2n) is 7.44. The van der Waals surface area contributed by atoms with Crippen LogP contribution in [0.5, 0.6) is 5.88 Å². The fraction of sp³-hybridized carbons (Fsp3) is 0.304. The summed E-state index contributed by atoms with van der Waals surface area (Å²) in [5, 5.41) is 0. The van der Waals surface area contributed by atoms with E-state index in [-0.39, 0.29) is 18.0 Å². The Morgan fingerprint density at radius 1 is 0.968 bits per heavy atom. The third kappa shape index (κ3) is 5.39. The van der Waals surface area contributed by atoms with E-state index in [9.17, 15) is 8.42 Å². The van der Waals surface area contributed by atoms with Crippen molar-refractivity contribution in [2.24, 2.45) is 0 Å². The topological polar surface area (TPSA) is 84.4 Å². The van der Waals surface area contributed by atoms with Gasteiger partial charge >= 0.3 is 0 Å². The van der Waals surface area contributed by atoms with Crippen molar-refractivity contribution >= 4 is 15.8 Å². The summed E-state index contributed by atoms with van der Waals surface area (Å²) in [6.45, 7) is 4.12. The molecule has 1 saturated heterocycles. The quantitative estimate of drug-likeness (QED) is 0.543. The lowest BCUT2D eigenvalue weighted by Crippen LogP contribution is -2.28. The summed E-state index contributed by atoms with van der Waals surface area (Å²) < 4.78 is 33.4. The van der Waals surface area contributed by atoms with Crippen molar-refractivity contribution in [3.63, 3.8) is 0 Å². The fourth-order valence-corrected chi connectivity index (χ4v) is 4.59. The van der Waals surface area contributed by atoms with Crippen LogP contribution >= 0.6 is 0 Å². The molecule has 3 aromatic rings. The molecule has 2 aromatic carbocycles. The number of benzene rings is 2. The molecule has 0 bridgehead atoms. The highest BCUT2D eigenvalue weighted by Gasteiger charge is 2.16. The van der Waals surface area contributed by atoms with Crippen LogP contribution in [0.4, 0.5) is 5.82 Å². The van der Waals surface area contributed by atoms with Crippen molar-refractivity contribution in [2.45, 2.75) is 24.7 Å². The van der Waals surface area contributed by atoms with Gasteiger partial charge in [0.2, 0.25) is 15.9 Å². The Bertz CT molecular complexity index is 1110. The Morgan fingerprint density at radius 3 is 2.35 bits per heavy atom. The largest absolute Gasteiger partial charge is 0.476 e. The highest BCUT2D eigenvalue weighted by molar-refractivity contribution is 7.89. The number of hydrogen-bond donors (Lipinski definition) is 1. The zero-order chi connectivity index (χ0) is 21.7. The third-order valence-electron chi connectivity index (χ3n) is 5.15. The van der Waals surface area contributed by atoms with Gasteiger partial charge in [0.25, 0.3) is 0 Å². The Kier molecular flexibility index (Phi) is 6.48. The van der Waals surface area contributed by atoms with E-state index < -0.39 is 10.0 Å². The first-order valence-corrected chi connectivity index (χ1v) is 11.9. The second-order valence-corrected chi connectivity index (χ2v) is 9.21. The first kappa shape index (κ1) is 21.3. The smallest absolute Gasteiger partial charge is 0.240 e. The maximum Gasteiger partial charge on any atom is 0.240 e. The molecule has 0 saturated carbocycles. The molecule has 1 fully saturated rings. The fourth-order valence-electron chi connectivity index (χ4n) is 3.58. The number of nitrogens with one attached hydrogen (secondary N) is 1. The Hall–Kier alpha value is -2.97. The number of hydrogen-bond acceptors (Lipinski definition) is 6. The van der Waals surface area contributed by atoms with Crippen LogP contribution in [-0.4, -0.2) is 44.6 Å². The highest BCUT2D eigenvalue weighted by Crippen LogP contribution is 2.22. The van der Waals surface area contributed by atoms with E-state index in [2.05, 4.69) is 19.6 Å². The van der Waals surface area contributed by atoms with Crippen LogP contribution in [0.1, 0.15) is 18.7 Å². The van der Waals surface area contributed by atoms with Gasteiger partial charge in [0, 0.05) is 25.7 Å². The summed E-state index contributed by atoms with van der Waals surface area (Å²) in [6.07, 6.45) is 2.32. The van der Waals surface area contributed by atoms with Crippen molar-refractivity contribution in [2.75, 3.05) is 31.1 Å². The molecule has 0 unspecified atom stereocenters. The molecule has 8 heteroatoms. The number of aryl methyl sites for hydroxylation is 1. The number of rotatable bonds is 8. The molecule has 162 valence electrons. The number of sulfonamides is 1. The molecule has 4 rings (SSSR count). The lowest BCUT2D eigenvalue weighted by Gasteiger charge is -2.17. The summed E-state index contributed by atoms with van der Waals surface area (Å²) >= 11 is 0. The van der Waals surface area contributed by atoms with Crippen LogP contribution in [0.2, 0.25) is 0 Å². The molecule has 1 aliphatic heterocycles. The Labute approximate surface area is 183 Å². The van der Waals surface area contributed by atoms with Crippen LogP contribution in [-0.2, 0) is 10.0 Å². The van der Waals surface area contributed by atoms with Gasteiger partial charge in [-0.25, -0.2) is 18.1 Å². The highest BCUT2D eigenvalue weighted by atomic mass is 32.2. The van der Waals surface area contributed by atoms with E-state index in [1.165, 1.54) is 0 Å². The minimum Gasteiger partial charge on any atom is -0.476 e. The van der Waals surface area contributed by atoms with Gasteiger partial charge in [0.15, 0.2) is 0 Å². The second kappa shape index (κ2) is 9.45. The minimum absolute atomic E-state index is 0.144. The van der Waals surface area contributed by atoms with Crippen molar-refractivity contribution in [3.05, 3.63) is 66.5 Å². The Balaban J connectivity index is 1.33. The van der Waals surface area contributed by atoms with Gasteiger partial charge in [0.1, 0.15) is 18.2 Å². The van der Waals surface area contributed by atoms with Crippen LogP contribution in [0.3, 0.4) is 0 Å². The predicted octanol–water partition coefficient (Wildman–Crippen LogP) is 3.41. The monoisotopic (exact) mass is 438 g/mol. The first-order valence-electron chi connectivity index (χ1n) is 10.4.